The minimum Gasteiger partial charge on any atom is -0.387 e. The molecule has 0 bridgehead atoms. The first kappa shape index (κ1) is 32.1. The highest BCUT2D eigenvalue weighted by Gasteiger charge is 2.46. The summed E-state index contributed by atoms with van der Waals surface area (Å²) in [7, 11) is -16.9. The van der Waals surface area contributed by atoms with E-state index in [4.69, 9.17) is 14.5 Å². The van der Waals surface area contributed by atoms with Gasteiger partial charge in [-0.15, -0.1) is 0 Å². The van der Waals surface area contributed by atoms with Crippen LogP contribution in [-0.4, -0.2) is 69.2 Å². The van der Waals surface area contributed by atoms with Crippen molar-refractivity contribution in [2.45, 2.75) is 37.5 Å². The zero-order valence-corrected chi connectivity index (χ0v) is 22.7. The van der Waals surface area contributed by atoms with E-state index in [2.05, 4.69) is 23.4 Å². The highest BCUT2D eigenvalue weighted by molar-refractivity contribution is 7.66. The summed E-state index contributed by atoms with van der Waals surface area (Å²) >= 11 is 0. The van der Waals surface area contributed by atoms with Crippen LogP contribution in [0, 0.1) is 10.1 Å². The monoisotopic (exact) mass is 632 g/mol. The molecule has 3 rings (SSSR count). The molecule has 3 unspecified atom stereocenters. The number of phosphoric ester groups is 1. The number of nitro benzene ring substituents is 1. The smallest absolute Gasteiger partial charge is 0.387 e. The van der Waals surface area contributed by atoms with Crippen LogP contribution < -0.4 is 11.0 Å². The van der Waals surface area contributed by atoms with Gasteiger partial charge in [-0.3, -0.25) is 19.2 Å². The van der Waals surface area contributed by atoms with E-state index >= 15 is 0 Å². The van der Waals surface area contributed by atoms with Crippen molar-refractivity contribution in [3.8, 4) is 0 Å². The van der Waals surface area contributed by atoms with Gasteiger partial charge in [0.1, 0.15) is 24.1 Å². The van der Waals surface area contributed by atoms with Crippen LogP contribution in [0.25, 0.3) is 0 Å². The Morgan fingerprint density at radius 1 is 1.10 bits per heavy atom. The Labute approximate surface area is 223 Å². The Balaban J connectivity index is 1.68. The third kappa shape index (κ3) is 8.31. The fourth-order valence-corrected chi connectivity index (χ4v) is 6.60. The number of aliphatic hydroxyl groups is 2. The zero-order valence-electron chi connectivity index (χ0n) is 20.0. The number of rotatable bonds is 12. The molecule has 0 aliphatic carbocycles. The fourth-order valence-electron chi connectivity index (χ4n) is 3.57. The van der Waals surface area contributed by atoms with Gasteiger partial charge < -0.3 is 39.8 Å². The summed E-state index contributed by atoms with van der Waals surface area (Å²) in [4.78, 5) is 62.9. The van der Waals surface area contributed by atoms with Crippen LogP contribution >= 0.6 is 23.5 Å². The lowest BCUT2D eigenvalue weighted by atomic mass is 10.1. The number of aromatic nitrogens is 2. The largest absolute Gasteiger partial charge is 0.490 e. The maximum absolute atomic E-state index is 12.6. The molecule has 1 saturated heterocycles. The lowest BCUT2D eigenvalue weighted by molar-refractivity contribution is -0.385. The van der Waals surface area contributed by atoms with E-state index in [1.807, 2.05) is 0 Å². The van der Waals surface area contributed by atoms with Crippen molar-refractivity contribution in [3.63, 3.8) is 0 Å². The minimum atomic E-state index is -5.78. The average Bonchev–Trinajstić information content (AvgIpc) is 3.09. The number of hydrogen-bond acceptors (Lipinski definition) is 14. The first-order valence-corrected chi connectivity index (χ1v) is 15.3. The summed E-state index contributed by atoms with van der Waals surface area (Å²) in [5.41, 5.74) is -0.839. The van der Waals surface area contributed by atoms with Crippen LogP contribution in [0.3, 0.4) is 0 Å². The molecule has 0 spiro atoms. The van der Waals surface area contributed by atoms with Crippen LogP contribution in [0.4, 0.5) is 11.5 Å². The van der Waals surface area contributed by atoms with E-state index in [1.54, 1.807) is 13.0 Å². The van der Waals surface area contributed by atoms with E-state index in [1.165, 1.54) is 24.3 Å². The summed E-state index contributed by atoms with van der Waals surface area (Å²) in [5.74, 6) is 0.00384. The van der Waals surface area contributed by atoms with Crippen LogP contribution in [-0.2, 0) is 31.6 Å². The molecule has 7 N–H and O–H groups in total. The van der Waals surface area contributed by atoms with Gasteiger partial charge in [0.05, 0.1) is 23.1 Å². The first-order chi connectivity index (χ1) is 18.4. The lowest BCUT2D eigenvalue weighted by Crippen LogP contribution is -2.36. The number of nitrogens with zero attached hydrogens (tertiary/aromatic N) is 3. The molecule has 222 valence electrons. The minimum absolute atomic E-state index is 0.00384. The maximum Gasteiger partial charge on any atom is 0.490 e. The fraction of sp³-hybridized carbons (Fsp3) is 0.412. The molecule has 1 aromatic carbocycles. The van der Waals surface area contributed by atoms with Crippen molar-refractivity contribution in [2.75, 3.05) is 11.9 Å². The van der Waals surface area contributed by atoms with Crippen molar-refractivity contribution in [2.24, 2.45) is 0 Å². The Bertz CT molecular complexity index is 1450. The number of anilines is 1. The predicted molar refractivity (Wildman–Crippen MR) is 129 cm³/mol. The topological polar surface area (TPSA) is 300 Å². The van der Waals surface area contributed by atoms with Gasteiger partial charge >= 0.3 is 29.2 Å². The van der Waals surface area contributed by atoms with E-state index in [0.717, 1.165) is 10.8 Å². The van der Waals surface area contributed by atoms with Crippen LogP contribution in [0.15, 0.2) is 41.3 Å². The summed E-state index contributed by atoms with van der Waals surface area (Å²) in [6.45, 7) is 0.519. The van der Waals surface area contributed by atoms with Gasteiger partial charge in [0.15, 0.2) is 6.23 Å². The molecule has 0 amide bonds. The van der Waals surface area contributed by atoms with Crippen molar-refractivity contribution in [3.05, 3.63) is 62.7 Å². The molecule has 2 aromatic rings. The van der Waals surface area contributed by atoms with Crippen molar-refractivity contribution in [1.82, 2.24) is 9.55 Å². The van der Waals surface area contributed by atoms with Gasteiger partial charge in [-0.25, -0.2) is 18.5 Å². The van der Waals surface area contributed by atoms with Gasteiger partial charge in [0.25, 0.3) is 5.69 Å². The van der Waals surface area contributed by atoms with Crippen molar-refractivity contribution in [1.29, 1.82) is 0 Å². The number of nitrogens with one attached hydrogen (secondary N) is 1. The van der Waals surface area contributed by atoms with Crippen LogP contribution in [0.5, 0.6) is 0 Å². The molecule has 1 aromatic heterocycles. The molecule has 0 radical (unpaired) electrons. The molecule has 1 aliphatic heterocycles. The number of aliphatic hydroxyl groups excluding tert-OH is 2. The Morgan fingerprint density at radius 2 is 1.75 bits per heavy atom. The number of nitro groups is 1. The zero-order chi connectivity index (χ0) is 30.0. The predicted octanol–water partition coefficient (Wildman–Crippen LogP) is 0.287. The third-order valence-electron chi connectivity index (χ3n) is 5.22. The van der Waals surface area contributed by atoms with Gasteiger partial charge in [-0.05, 0) is 13.0 Å². The number of hydrogen-bond donors (Lipinski definition) is 7. The molecule has 23 heteroatoms. The second-order valence-corrected chi connectivity index (χ2v) is 12.5. The second-order valence-electron chi connectivity index (χ2n) is 8.12. The van der Waals surface area contributed by atoms with Crippen molar-refractivity contribution < 1.29 is 66.3 Å². The molecule has 1 aliphatic rings. The number of para-hydroxylation sites is 1. The number of ether oxygens (including phenoxy) is 1. The van der Waals surface area contributed by atoms with Crippen LogP contribution in [0.1, 0.15) is 24.8 Å². The number of phosphoric acid groups is 3. The molecule has 40 heavy (non-hydrogen) atoms. The Morgan fingerprint density at radius 3 is 2.35 bits per heavy atom. The molecule has 1 fully saturated rings. The maximum atomic E-state index is 12.6. The quantitative estimate of drug-likeness (QED) is 0.0939. The molecule has 7 atom stereocenters. The third-order valence-corrected chi connectivity index (χ3v) is 9.03. The van der Waals surface area contributed by atoms with E-state index in [-0.39, 0.29) is 11.5 Å². The highest BCUT2D eigenvalue weighted by atomic mass is 31.3. The Kier molecular flexibility index (Phi) is 9.81. The normalized spacial score (nSPS) is 25.1. The molecular weight excluding hydrogens is 609 g/mol. The molecule has 0 saturated carbocycles. The van der Waals surface area contributed by atoms with Crippen LogP contribution in [0.2, 0.25) is 0 Å². The summed E-state index contributed by atoms with van der Waals surface area (Å²) in [5, 5.41) is 34.7. The van der Waals surface area contributed by atoms with E-state index in [0.29, 0.717) is 5.56 Å². The molecule has 20 nitrogen and oxygen atoms in total. The summed E-state index contributed by atoms with van der Waals surface area (Å²) in [6.07, 6.45) is -5.73. The summed E-state index contributed by atoms with van der Waals surface area (Å²) < 4.78 is 51.6. The van der Waals surface area contributed by atoms with Gasteiger partial charge in [-0.2, -0.15) is 13.6 Å². The average molecular weight is 632 g/mol. The highest BCUT2D eigenvalue weighted by Crippen LogP contribution is 2.66. The first-order valence-electron chi connectivity index (χ1n) is 10.8. The molecule has 2 heterocycles. The summed E-state index contributed by atoms with van der Waals surface area (Å²) in [6, 6.07) is 6.53. The SMILES string of the molecule is C[C@@H](Nc1ccn([C@@H]2O[C@H](COP(=O)(O)OP(=O)(O)OP(=O)(O)O)[C@H](O)C2O)c(=O)n1)c1ccccc1[N+](=O)[O-]. The van der Waals surface area contributed by atoms with Crippen molar-refractivity contribution >= 4 is 35.0 Å². The second kappa shape index (κ2) is 12.2. The molecular formula is C17H23N4O16P3. The van der Waals surface area contributed by atoms with Gasteiger partial charge in [0.2, 0.25) is 0 Å². The Hall–Kier alpha value is -2.41. The van der Waals surface area contributed by atoms with E-state index < -0.39 is 71.3 Å². The lowest BCUT2D eigenvalue weighted by Gasteiger charge is -2.19. The van der Waals surface area contributed by atoms with Gasteiger partial charge in [0, 0.05) is 12.3 Å². The van der Waals surface area contributed by atoms with E-state index in [9.17, 15) is 48.6 Å². The van der Waals surface area contributed by atoms with Gasteiger partial charge in [-0.1, -0.05) is 18.2 Å². The standard InChI is InChI=1S/C17H23N4O16P3/c1-9(10-4-2-3-5-11(10)21(25)26)18-13-6-7-20(17(24)19-13)16-15(23)14(22)12(35-16)8-34-39(30,31)37-40(32,33)36-38(27,28)29/h2-7,9,12,14-16,22-23H,8H2,1H3,(H,30,31)(H,32,33)(H,18,19,24)(H2,27,28,29)/t9-,12-,14+,15?,16-/m1/s1. The number of benzene rings is 1.